The largest absolute Gasteiger partial charge is 0.460 e. The first-order valence-corrected chi connectivity index (χ1v) is 10.4. The van der Waals surface area contributed by atoms with E-state index >= 15 is 0 Å². The summed E-state index contributed by atoms with van der Waals surface area (Å²) >= 11 is 6.15. The molecular formula is C24H23ClN4O2. The number of halogens is 1. The van der Waals surface area contributed by atoms with Gasteiger partial charge in [-0.2, -0.15) is 0 Å². The van der Waals surface area contributed by atoms with Crippen LogP contribution in [0.3, 0.4) is 0 Å². The highest BCUT2D eigenvalue weighted by Gasteiger charge is 2.22. The third-order valence-electron chi connectivity index (χ3n) is 5.19. The van der Waals surface area contributed by atoms with Gasteiger partial charge in [-0.25, -0.2) is 14.8 Å². The Morgan fingerprint density at radius 2 is 1.84 bits per heavy atom. The first-order valence-electron chi connectivity index (χ1n) is 10.1. The third-order valence-corrected chi connectivity index (χ3v) is 5.43. The van der Waals surface area contributed by atoms with Crippen LogP contribution >= 0.6 is 11.6 Å². The quantitative estimate of drug-likeness (QED) is 0.395. The molecule has 0 aliphatic carbocycles. The first-order chi connectivity index (χ1) is 14.9. The summed E-state index contributed by atoms with van der Waals surface area (Å²) in [6.45, 7) is 8.10. The van der Waals surface area contributed by atoms with Crippen LogP contribution in [0, 0.1) is 20.8 Å². The van der Waals surface area contributed by atoms with Gasteiger partial charge in [-0.3, -0.25) is 4.57 Å². The Hall–Kier alpha value is -3.38. The smallest absolute Gasteiger partial charge is 0.376 e. The van der Waals surface area contributed by atoms with Crippen molar-refractivity contribution in [3.05, 3.63) is 76.2 Å². The molecule has 0 aliphatic rings. The fourth-order valence-corrected chi connectivity index (χ4v) is 3.74. The van der Waals surface area contributed by atoms with Crippen LogP contribution in [0.25, 0.3) is 16.7 Å². The first kappa shape index (κ1) is 20.9. The minimum Gasteiger partial charge on any atom is -0.460 e. The predicted molar refractivity (Wildman–Crippen MR) is 124 cm³/mol. The van der Waals surface area contributed by atoms with Gasteiger partial charge in [0.1, 0.15) is 5.82 Å². The Labute approximate surface area is 185 Å². The minimum atomic E-state index is -0.564. The minimum absolute atomic E-state index is 0.00439. The van der Waals surface area contributed by atoms with Gasteiger partial charge < -0.3 is 10.1 Å². The zero-order valence-corrected chi connectivity index (χ0v) is 18.6. The summed E-state index contributed by atoms with van der Waals surface area (Å²) in [5, 5.41) is 4.75. The lowest BCUT2D eigenvalue weighted by molar-refractivity contribution is 0.0512. The van der Waals surface area contributed by atoms with E-state index < -0.39 is 5.97 Å². The van der Waals surface area contributed by atoms with E-state index in [1.165, 1.54) is 5.56 Å². The van der Waals surface area contributed by atoms with Crippen molar-refractivity contribution in [2.45, 2.75) is 27.7 Å². The monoisotopic (exact) mass is 434 g/mol. The number of carbonyl (C=O) groups excluding carboxylic acids is 1. The van der Waals surface area contributed by atoms with E-state index in [9.17, 15) is 4.79 Å². The summed E-state index contributed by atoms with van der Waals surface area (Å²) in [4.78, 5) is 21.6. The van der Waals surface area contributed by atoms with Crippen LogP contribution < -0.4 is 5.32 Å². The number of hydrogen-bond donors (Lipinski definition) is 1. The van der Waals surface area contributed by atoms with E-state index in [0.29, 0.717) is 16.5 Å². The molecule has 2 aromatic carbocycles. The molecule has 7 heteroatoms. The summed E-state index contributed by atoms with van der Waals surface area (Å²) in [5.41, 5.74) is 5.57. The average Bonchev–Trinajstić information content (AvgIpc) is 2.99. The number of ether oxygens (including phenoxy) is 1. The van der Waals surface area contributed by atoms with Crippen molar-refractivity contribution < 1.29 is 9.53 Å². The molecule has 4 aromatic rings. The zero-order chi connectivity index (χ0) is 22.1. The molecule has 0 amide bonds. The van der Waals surface area contributed by atoms with Crippen LogP contribution in [-0.2, 0) is 4.74 Å². The van der Waals surface area contributed by atoms with Crippen molar-refractivity contribution in [2.75, 3.05) is 11.9 Å². The third kappa shape index (κ3) is 3.99. The number of benzene rings is 2. The van der Waals surface area contributed by atoms with E-state index in [1.807, 2.05) is 49.6 Å². The molecule has 4 rings (SSSR count). The lowest BCUT2D eigenvalue weighted by Gasteiger charge is -2.11. The highest BCUT2D eigenvalue weighted by molar-refractivity contribution is 6.30. The van der Waals surface area contributed by atoms with Crippen LogP contribution in [0.2, 0.25) is 5.02 Å². The van der Waals surface area contributed by atoms with Crippen molar-refractivity contribution in [3.63, 3.8) is 0 Å². The molecule has 0 saturated heterocycles. The number of aryl methyl sites for hydroxylation is 2. The summed E-state index contributed by atoms with van der Waals surface area (Å²) in [6.07, 6.45) is 0. The van der Waals surface area contributed by atoms with Gasteiger partial charge in [0.05, 0.1) is 12.0 Å². The molecule has 0 bridgehead atoms. The van der Waals surface area contributed by atoms with E-state index in [4.69, 9.17) is 16.3 Å². The predicted octanol–water partition coefficient (Wildman–Crippen LogP) is 5.92. The summed E-state index contributed by atoms with van der Waals surface area (Å²) < 4.78 is 7.22. The van der Waals surface area contributed by atoms with Gasteiger partial charge in [-0.1, -0.05) is 35.4 Å². The fourth-order valence-electron chi connectivity index (χ4n) is 3.55. The highest BCUT2D eigenvalue weighted by atomic mass is 35.5. The van der Waals surface area contributed by atoms with Crippen LogP contribution in [0.4, 0.5) is 11.5 Å². The van der Waals surface area contributed by atoms with Gasteiger partial charge in [-0.05, 0) is 63.6 Å². The molecule has 158 valence electrons. The van der Waals surface area contributed by atoms with Gasteiger partial charge in [0.15, 0.2) is 5.65 Å². The van der Waals surface area contributed by atoms with Gasteiger partial charge in [0.2, 0.25) is 5.82 Å². The Morgan fingerprint density at radius 1 is 1.10 bits per heavy atom. The van der Waals surface area contributed by atoms with E-state index in [1.54, 1.807) is 19.1 Å². The number of nitrogens with zero attached hydrogens (tertiary/aromatic N) is 3. The van der Waals surface area contributed by atoms with Crippen molar-refractivity contribution >= 4 is 40.1 Å². The molecule has 0 aliphatic heterocycles. The fraction of sp³-hybridized carbons (Fsp3) is 0.208. The van der Waals surface area contributed by atoms with Gasteiger partial charge in [-0.15, -0.1) is 0 Å². The molecular weight excluding hydrogens is 412 g/mol. The van der Waals surface area contributed by atoms with Crippen LogP contribution in [0.15, 0.2) is 48.5 Å². The van der Waals surface area contributed by atoms with Crippen LogP contribution in [0.1, 0.15) is 34.4 Å². The Bertz CT molecular complexity index is 1280. The molecule has 0 unspecified atom stereocenters. The van der Waals surface area contributed by atoms with E-state index in [-0.39, 0.29) is 12.4 Å². The summed E-state index contributed by atoms with van der Waals surface area (Å²) in [6, 6.07) is 15.5. The molecule has 0 spiro atoms. The number of anilines is 2. The number of hydrogen-bond acceptors (Lipinski definition) is 5. The Morgan fingerprint density at radius 3 is 2.52 bits per heavy atom. The SMILES string of the molecule is CCOC(=O)c1nc(Nc2cccc(Cl)c2)c2c(C)c(C)n(-c3ccc(C)cc3)c2n1. The van der Waals surface area contributed by atoms with Gasteiger partial charge >= 0.3 is 5.97 Å². The molecule has 31 heavy (non-hydrogen) atoms. The second-order valence-electron chi connectivity index (χ2n) is 7.33. The number of fused-ring (bicyclic) bond motifs is 1. The lowest BCUT2D eigenvalue weighted by Crippen LogP contribution is -2.12. The Kier molecular flexibility index (Phi) is 5.65. The molecule has 6 nitrogen and oxygen atoms in total. The summed E-state index contributed by atoms with van der Waals surface area (Å²) in [5.74, 6) is -0.0305. The molecule has 0 saturated carbocycles. The van der Waals surface area contributed by atoms with Crippen LogP contribution in [0.5, 0.6) is 0 Å². The molecule has 0 fully saturated rings. The molecule has 0 radical (unpaired) electrons. The lowest BCUT2D eigenvalue weighted by atomic mass is 10.2. The number of carbonyl (C=O) groups is 1. The second-order valence-corrected chi connectivity index (χ2v) is 7.77. The molecule has 2 heterocycles. The summed E-state index contributed by atoms with van der Waals surface area (Å²) in [7, 11) is 0. The van der Waals surface area contributed by atoms with Crippen molar-refractivity contribution in [1.82, 2.24) is 14.5 Å². The van der Waals surface area contributed by atoms with E-state index in [2.05, 4.69) is 27.4 Å². The number of aromatic nitrogens is 3. The van der Waals surface area contributed by atoms with Crippen molar-refractivity contribution in [1.29, 1.82) is 0 Å². The maximum Gasteiger partial charge on any atom is 0.376 e. The van der Waals surface area contributed by atoms with E-state index in [0.717, 1.165) is 28.0 Å². The highest BCUT2D eigenvalue weighted by Crippen LogP contribution is 2.33. The molecule has 1 N–H and O–H groups in total. The number of nitrogens with one attached hydrogen (secondary N) is 1. The number of esters is 1. The number of rotatable bonds is 5. The molecule has 0 atom stereocenters. The average molecular weight is 435 g/mol. The maximum atomic E-state index is 12.5. The molecule has 2 aromatic heterocycles. The normalized spacial score (nSPS) is 11.0. The topological polar surface area (TPSA) is 69.0 Å². The second kappa shape index (κ2) is 8.40. The van der Waals surface area contributed by atoms with Crippen molar-refractivity contribution in [2.24, 2.45) is 0 Å². The van der Waals surface area contributed by atoms with Gasteiger partial charge in [0.25, 0.3) is 0 Å². The van der Waals surface area contributed by atoms with Crippen LogP contribution in [-0.4, -0.2) is 27.1 Å². The van der Waals surface area contributed by atoms with Crippen molar-refractivity contribution in [3.8, 4) is 5.69 Å². The standard InChI is InChI=1S/C24H23ClN4O2/c1-5-31-24(30)22-27-21(26-18-8-6-7-17(25)13-18)20-15(3)16(4)29(23(20)28-22)19-11-9-14(2)10-12-19/h6-13H,5H2,1-4H3,(H,26,27,28). The maximum absolute atomic E-state index is 12.5. The Balaban J connectivity index is 1.98. The zero-order valence-electron chi connectivity index (χ0n) is 17.9. The van der Waals surface area contributed by atoms with Gasteiger partial charge in [0, 0.05) is 22.1 Å².